The first-order valence-electron chi connectivity index (χ1n) is 7.19. The minimum absolute atomic E-state index is 0.486. The van der Waals surface area contributed by atoms with E-state index in [9.17, 15) is 0 Å². The number of rotatable bonds is 9. The van der Waals surface area contributed by atoms with Crippen molar-refractivity contribution in [2.75, 3.05) is 26.2 Å². The van der Waals surface area contributed by atoms with Crippen molar-refractivity contribution >= 4 is 0 Å². The molecule has 0 saturated heterocycles. The molecule has 0 aromatic carbocycles. The number of hydrogen-bond acceptors (Lipinski definition) is 4. The highest BCUT2D eigenvalue weighted by Crippen LogP contribution is 2.09. The van der Waals surface area contributed by atoms with E-state index in [0.717, 1.165) is 32.1 Å². The SMILES string of the molecule is CCN(CC)CCOc1cc(CNC(C)C)ccn1. The van der Waals surface area contributed by atoms with E-state index in [-0.39, 0.29) is 0 Å². The highest BCUT2D eigenvalue weighted by atomic mass is 16.5. The highest BCUT2D eigenvalue weighted by Gasteiger charge is 2.02. The van der Waals surface area contributed by atoms with Gasteiger partial charge in [-0.15, -0.1) is 0 Å². The van der Waals surface area contributed by atoms with Gasteiger partial charge in [-0.05, 0) is 24.7 Å². The van der Waals surface area contributed by atoms with Gasteiger partial charge >= 0.3 is 0 Å². The van der Waals surface area contributed by atoms with E-state index in [1.54, 1.807) is 0 Å². The van der Waals surface area contributed by atoms with Gasteiger partial charge in [0.25, 0.3) is 0 Å². The molecule has 1 aromatic rings. The zero-order valence-corrected chi connectivity index (χ0v) is 12.6. The fourth-order valence-corrected chi connectivity index (χ4v) is 1.78. The van der Waals surface area contributed by atoms with E-state index in [1.165, 1.54) is 5.56 Å². The van der Waals surface area contributed by atoms with Gasteiger partial charge < -0.3 is 15.0 Å². The van der Waals surface area contributed by atoms with Crippen LogP contribution in [0.25, 0.3) is 0 Å². The van der Waals surface area contributed by atoms with Crippen molar-refractivity contribution in [2.45, 2.75) is 40.3 Å². The van der Waals surface area contributed by atoms with Gasteiger partial charge in [-0.3, -0.25) is 0 Å². The largest absolute Gasteiger partial charge is 0.476 e. The third-order valence-electron chi connectivity index (χ3n) is 3.07. The Morgan fingerprint density at radius 1 is 1.32 bits per heavy atom. The van der Waals surface area contributed by atoms with Crippen LogP contribution in [0.5, 0.6) is 5.88 Å². The van der Waals surface area contributed by atoms with Crippen molar-refractivity contribution in [3.63, 3.8) is 0 Å². The van der Waals surface area contributed by atoms with Gasteiger partial charge in [0.1, 0.15) is 6.61 Å². The molecule has 4 nitrogen and oxygen atoms in total. The number of hydrogen-bond donors (Lipinski definition) is 1. The Labute approximate surface area is 117 Å². The summed E-state index contributed by atoms with van der Waals surface area (Å²) in [5.41, 5.74) is 1.21. The Balaban J connectivity index is 2.39. The minimum Gasteiger partial charge on any atom is -0.476 e. The normalized spacial score (nSPS) is 11.3. The fraction of sp³-hybridized carbons (Fsp3) is 0.667. The number of nitrogens with one attached hydrogen (secondary N) is 1. The van der Waals surface area contributed by atoms with Crippen LogP contribution < -0.4 is 10.1 Å². The van der Waals surface area contributed by atoms with E-state index in [2.05, 4.69) is 42.9 Å². The second-order valence-electron chi connectivity index (χ2n) is 4.91. The molecule has 4 heteroatoms. The van der Waals surface area contributed by atoms with Gasteiger partial charge in [0, 0.05) is 31.4 Å². The molecule has 0 radical (unpaired) electrons. The molecule has 1 heterocycles. The van der Waals surface area contributed by atoms with Crippen LogP contribution in [0.15, 0.2) is 18.3 Å². The smallest absolute Gasteiger partial charge is 0.213 e. The summed E-state index contributed by atoms with van der Waals surface area (Å²) >= 11 is 0. The Bertz CT molecular complexity index is 351. The lowest BCUT2D eigenvalue weighted by atomic mass is 10.2. The Hall–Kier alpha value is -1.13. The Morgan fingerprint density at radius 3 is 2.68 bits per heavy atom. The molecular formula is C15H27N3O. The molecule has 108 valence electrons. The van der Waals surface area contributed by atoms with Gasteiger partial charge in [0.15, 0.2) is 0 Å². The molecule has 1 aromatic heterocycles. The molecule has 0 aliphatic carbocycles. The van der Waals surface area contributed by atoms with Crippen molar-refractivity contribution in [1.82, 2.24) is 15.2 Å². The summed E-state index contributed by atoms with van der Waals surface area (Å²) in [4.78, 5) is 6.58. The molecule has 0 fully saturated rings. The molecule has 0 aliphatic heterocycles. The third kappa shape index (κ3) is 6.55. The molecule has 0 spiro atoms. The van der Waals surface area contributed by atoms with Gasteiger partial charge in [-0.1, -0.05) is 27.7 Å². The monoisotopic (exact) mass is 265 g/mol. The highest BCUT2D eigenvalue weighted by molar-refractivity contribution is 5.20. The van der Waals surface area contributed by atoms with E-state index < -0.39 is 0 Å². The molecule has 0 saturated carbocycles. The molecule has 19 heavy (non-hydrogen) atoms. The van der Waals surface area contributed by atoms with Crippen LogP contribution in [0.3, 0.4) is 0 Å². The first-order chi connectivity index (χ1) is 9.15. The van der Waals surface area contributed by atoms with Crippen LogP contribution in [0.2, 0.25) is 0 Å². The van der Waals surface area contributed by atoms with E-state index in [1.807, 2.05) is 18.3 Å². The molecular weight excluding hydrogens is 238 g/mol. The fourth-order valence-electron chi connectivity index (χ4n) is 1.78. The van der Waals surface area contributed by atoms with Gasteiger partial charge in [-0.25, -0.2) is 4.98 Å². The lowest BCUT2D eigenvalue weighted by Gasteiger charge is -2.17. The van der Waals surface area contributed by atoms with E-state index in [4.69, 9.17) is 4.74 Å². The van der Waals surface area contributed by atoms with Crippen molar-refractivity contribution in [3.8, 4) is 5.88 Å². The number of likely N-dealkylation sites (N-methyl/N-ethyl adjacent to an activating group) is 1. The predicted octanol–water partition coefficient (Wildman–Crippen LogP) is 2.30. The molecule has 0 unspecified atom stereocenters. The number of pyridine rings is 1. The van der Waals surface area contributed by atoms with Crippen molar-refractivity contribution in [2.24, 2.45) is 0 Å². The quantitative estimate of drug-likeness (QED) is 0.743. The standard InChI is InChI=1S/C15H27N3O/c1-5-18(6-2)9-10-19-15-11-14(7-8-16-15)12-17-13(3)4/h7-8,11,13,17H,5-6,9-10,12H2,1-4H3. The third-order valence-corrected chi connectivity index (χ3v) is 3.07. The van der Waals surface area contributed by atoms with E-state index in [0.29, 0.717) is 12.6 Å². The van der Waals surface area contributed by atoms with Crippen LogP contribution in [0, 0.1) is 0 Å². The summed E-state index contributed by atoms with van der Waals surface area (Å²) in [5.74, 6) is 0.718. The summed E-state index contributed by atoms with van der Waals surface area (Å²) in [7, 11) is 0. The van der Waals surface area contributed by atoms with Crippen LogP contribution in [0.1, 0.15) is 33.3 Å². The van der Waals surface area contributed by atoms with Crippen LogP contribution in [-0.2, 0) is 6.54 Å². The molecule has 0 bridgehead atoms. The second-order valence-corrected chi connectivity index (χ2v) is 4.91. The topological polar surface area (TPSA) is 37.4 Å². The lowest BCUT2D eigenvalue weighted by molar-refractivity contribution is 0.218. The van der Waals surface area contributed by atoms with Gasteiger partial charge in [-0.2, -0.15) is 0 Å². The molecule has 1 N–H and O–H groups in total. The number of ether oxygens (including phenoxy) is 1. The zero-order valence-electron chi connectivity index (χ0n) is 12.6. The predicted molar refractivity (Wildman–Crippen MR) is 79.5 cm³/mol. The molecule has 0 aliphatic rings. The van der Waals surface area contributed by atoms with Gasteiger partial charge in [0.2, 0.25) is 5.88 Å². The Morgan fingerprint density at radius 2 is 2.05 bits per heavy atom. The first kappa shape index (κ1) is 15.9. The average molecular weight is 265 g/mol. The summed E-state index contributed by atoms with van der Waals surface area (Å²) in [6.07, 6.45) is 1.81. The number of aromatic nitrogens is 1. The van der Waals surface area contributed by atoms with Crippen molar-refractivity contribution < 1.29 is 4.74 Å². The second kappa shape index (κ2) is 8.88. The Kier molecular flexibility index (Phi) is 7.45. The van der Waals surface area contributed by atoms with Gasteiger partial charge in [0.05, 0.1) is 0 Å². The lowest BCUT2D eigenvalue weighted by Crippen LogP contribution is -2.28. The van der Waals surface area contributed by atoms with Crippen LogP contribution >= 0.6 is 0 Å². The van der Waals surface area contributed by atoms with Crippen molar-refractivity contribution in [3.05, 3.63) is 23.9 Å². The zero-order chi connectivity index (χ0) is 14.1. The first-order valence-corrected chi connectivity index (χ1v) is 7.19. The summed E-state index contributed by atoms with van der Waals surface area (Å²) < 4.78 is 5.71. The number of nitrogens with zero attached hydrogens (tertiary/aromatic N) is 2. The van der Waals surface area contributed by atoms with Crippen molar-refractivity contribution in [1.29, 1.82) is 0 Å². The minimum atomic E-state index is 0.486. The van der Waals surface area contributed by atoms with E-state index >= 15 is 0 Å². The maximum atomic E-state index is 5.71. The summed E-state index contributed by atoms with van der Waals surface area (Å²) in [5, 5.41) is 3.39. The molecule has 1 rings (SSSR count). The molecule has 0 atom stereocenters. The summed E-state index contributed by atoms with van der Waals surface area (Å²) in [6, 6.07) is 4.52. The maximum Gasteiger partial charge on any atom is 0.213 e. The van der Waals surface area contributed by atoms with Crippen LogP contribution in [-0.4, -0.2) is 42.2 Å². The van der Waals surface area contributed by atoms with Crippen LogP contribution in [0.4, 0.5) is 0 Å². The average Bonchev–Trinajstić information content (AvgIpc) is 2.42. The molecule has 0 amide bonds. The maximum absolute atomic E-state index is 5.71. The summed E-state index contributed by atoms with van der Waals surface area (Å²) in [6.45, 7) is 13.2.